The van der Waals surface area contributed by atoms with Crippen molar-refractivity contribution >= 4 is 17.2 Å². The molecule has 0 aromatic carbocycles. The van der Waals surface area contributed by atoms with Crippen molar-refractivity contribution in [1.82, 2.24) is 15.2 Å². The number of aromatic nitrogens is 1. The Kier molecular flexibility index (Phi) is 3.35. The maximum Gasteiger partial charge on any atom is 0.244 e. The molecule has 1 atom stereocenters. The molecule has 0 bridgehead atoms. The van der Waals surface area contributed by atoms with Gasteiger partial charge in [-0.1, -0.05) is 26.7 Å². The van der Waals surface area contributed by atoms with Crippen LogP contribution in [0.5, 0.6) is 0 Å². The third-order valence-corrected chi connectivity index (χ3v) is 4.75. The lowest BCUT2D eigenvalue weighted by Crippen LogP contribution is -2.44. The minimum absolute atomic E-state index is 0.0285. The Morgan fingerprint density at radius 2 is 2.26 bits per heavy atom. The zero-order chi connectivity index (χ0) is 13.5. The molecule has 2 fully saturated rings. The third kappa shape index (κ3) is 2.19. The fourth-order valence-electron chi connectivity index (χ4n) is 3.30. The Bertz CT molecular complexity index is 451. The number of amides is 1. The Morgan fingerprint density at radius 3 is 2.84 bits per heavy atom. The third-order valence-electron chi connectivity index (χ3n) is 4.15. The molecule has 2 aliphatic rings. The van der Waals surface area contributed by atoms with Crippen molar-refractivity contribution in [3.63, 3.8) is 0 Å². The van der Waals surface area contributed by atoms with Gasteiger partial charge in [0.15, 0.2) is 0 Å². The van der Waals surface area contributed by atoms with E-state index in [4.69, 9.17) is 0 Å². The monoisotopic (exact) mass is 279 g/mol. The van der Waals surface area contributed by atoms with Gasteiger partial charge in [0.25, 0.3) is 0 Å². The molecule has 4 nitrogen and oxygen atoms in total. The van der Waals surface area contributed by atoms with Gasteiger partial charge in [-0.05, 0) is 18.8 Å². The van der Waals surface area contributed by atoms with Gasteiger partial charge in [0.2, 0.25) is 5.91 Å². The van der Waals surface area contributed by atoms with Crippen LogP contribution in [0.4, 0.5) is 0 Å². The molecule has 5 heteroatoms. The molecule has 19 heavy (non-hydrogen) atoms. The summed E-state index contributed by atoms with van der Waals surface area (Å²) in [6, 6.07) is 0. The SMILES string of the molecule is CC(C)CN1C(=O)C2(CCCC2)NC1c1cscn1. The number of carbonyl (C=O) groups excluding carboxylic acids is 1. The first-order valence-electron chi connectivity index (χ1n) is 7.09. The molecule has 1 amide bonds. The summed E-state index contributed by atoms with van der Waals surface area (Å²) >= 11 is 1.59. The second kappa shape index (κ2) is 4.87. The van der Waals surface area contributed by atoms with Crippen molar-refractivity contribution in [2.24, 2.45) is 5.92 Å². The number of nitrogens with one attached hydrogen (secondary N) is 1. The molecule has 1 saturated heterocycles. The van der Waals surface area contributed by atoms with Crippen LogP contribution in [0.25, 0.3) is 0 Å². The second-order valence-corrected chi connectivity index (χ2v) is 6.82. The van der Waals surface area contributed by atoms with Gasteiger partial charge in [-0.2, -0.15) is 0 Å². The van der Waals surface area contributed by atoms with Crippen LogP contribution in [0.15, 0.2) is 10.9 Å². The highest BCUT2D eigenvalue weighted by atomic mass is 32.1. The Labute approximate surface area is 118 Å². The average molecular weight is 279 g/mol. The maximum absolute atomic E-state index is 12.8. The van der Waals surface area contributed by atoms with Gasteiger partial charge in [0.05, 0.1) is 16.7 Å². The highest BCUT2D eigenvalue weighted by Crippen LogP contribution is 2.40. The topological polar surface area (TPSA) is 45.2 Å². The van der Waals surface area contributed by atoms with E-state index in [2.05, 4.69) is 24.1 Å². The lowest BCUT2D eigenvalue weighted by molar-refractivity contribution is -0.133. The van der Waals surface area contributed by atoms with E-state index in [0.717, 1.165) is 37.9 Å². The minimum Gasteiger partial charge on any atom is -0.319 e. The lowest BCUT2D eigenvalue weighted by atomic mass is 9.98. The van der Waals surface area contributed by atoms with Gasteiger partial charge in [0, 0.05) is 11.9 Å². The van der Waals surface area contributed by atoms with Crippen molar-refractivity contribution in [2.75, 3.05) is 6.54 Å². The molecule has 1 aliphatic carbocycles. The normalized spacial score (nSPS) is 25.9. The van der Waals surface area contributed by atoms with Crippen molar-refractivity contribution in [3.05, 3.63) is 16.6 Å². The molecule has 104 valence electrons. The maximum atomic E-state index is 12.8. The molecule has 1 aromatic rings. The van der Waals surface area contributed by atoms with Crippen LogP contribution in [-0.2, 0) is 4.79 Å². The molecule has 2 heterocycles. The number of hydrogen-bond donors (Lipinski definition) is 1. The smallest absolute Gasteiger partial charge is 0.244 e. The molecule has 1 saturated carbocycles. The van der Waals surface area contributed by atoms with E-state index < -0.39 is 0 Å². The number of rotatable bonds is 3. The predicted molar refractivity (Wildman–Crippen MR) is 75.7 cm³/mol. The number of nitrogens with zero attached hydrogens (tertiary/aromatic N) is 2. The van der Waals surface area contributed by atoms with Crippen LogP contribution in [0.3, 0.4) is 0 Å². The van der Waals surface area contributed by atoms with Crippen molar-refractivity contribution < 1.29 is 4.79 Å². The van der Waals surface area contributed by atoms with Gasteiger partial charge in [0.1, 0.15) is 6.17 Å². The number of hydrogen-bond acceptors (Lipinski definition) is 4. The second-order valence-electron chi connectivity index (χ2n) is 6.10. The summed E-state index contributed by atoms with van der Waals surface area (Å²) < 4.78 is 0. The lowest BCUT2D eigenvalue weighted by Gasteiger charge is -2.24. The van der Waals surface area contributed by atoms with Crippen LogP contribution < -0.4 is 5.32 Å². The van der Waals surface area contributed by atoms with Crippen LogP contribution in [0, 0.1) is 5.92 Å². The van der Waals surface area contributed by atoms with Gasteiger partial charge in [-0.3, -0.25) is 10.1 Å². The summed E-state index contributed by atoms with van der Waals surface area (Å²) in [6.07, 6.45) is 4.22. The average Bonchev–Trinajstić information content (AvgIpc) is 3.07. The Morgan fingerprint density at radius 1 is 1.53 bits per heavy atom. The molecule has 1 N–H and O–H groups in total. The van der Waals surface area contributed by atoms with Gasteiger partial charge >= 0.3 is 0 Å². The van der Waals surface area contributed by atoms with Crippen LogP contribution in [0.1, 0.15) is 51.4 Å². The predicted octanol–water partition coefficient (Wildman–Crippen LogP) is 2.54. The molecule has 3 rings (SSSR count). The summed E-state index contributed by atoms with van der Waals surface area (Å²) in [7, 11) is 0. The highest BCUT2D eigenvalue weighted by molar-refractivity contribution is 7.07. The van der Waals surface area contributed by atoms with E-state index in [9.17, 15) is 4.79 Å². The minimum atomic E-state index is -0.302. The summed E-state index contributed by atoms with van der Waals surface area (Å²) in [6.45, 7) is 5.12. The largest absolute Gasteiger partial charge is 0.319 e. The van der Waals surface area contributed by atoms with Crippen molar-refractivity contribution in [1.29, 1.82) is 0 Å². The zero-order valence-electron chi connectivity index (χ0n) is 11.6. The van der Waals surface area contributed by atoms with Gasteiger partial charge < -0.3 is 4.90 Å². The summed E-state index contributed by atoms with van der Waals surface area (Å²) in [5.41, 5.74) is 2.53. The molecule has 1 aliphatic heterocycles. The van der Waals surface area contributed by atoms with E-state index in [1.807, 2.05) is 15.8 Å². The summed E-state index contributed by atoms with van der Waals surface area (Å²) in [5, 5.41) is 5.64. The molecule has 0 radical (unpaired) electrons. The van der Waals surface area contributed by atoms with Crippen LogP contribution in [-0.4, -0.2) is 27.9 Å². The molecule has 1 spiro atoms. The fraction of sp³-hybridized carbons (Fsp3) is 0.714. The first kappa shape index (κ1) is 13.1. The van der Waals surface area contributed by atoms with E-state index in [1.165, 1.54) is 0 Å². The number of carbonyl (C=O) groups is 1. The summed E-state index contributed by atoms with van der Waals surface area (Å²) in [5.74, 6) is 0.764. The fourth-order valence-corrected chi connectivity index (χ4v) is 3.88. The Balaban J connectivity index is 1.91. The van der Waals surface area contributed by atoms with E-state index in [1.54, 1.807) is 11.3 Å². The molecule has 1 aromatic heterocycles. The van der Waals surface area contributed by atoms with Crippen molar-refractivity contribution in [2.45, 2.75) is 51.2 Å². The summed E-state index contributed by atoms with van der Waals surface area (Å²) in [4.78, 5) is 19.2. The van der Waals surface area contributed by atoms with Crippen molar-refractivity contribution in [3.8, 4) is 0 Å². The molecular weight excluding hydrogens is 258 g/mol. The van der Waals surface area contributed by atoms with Crippen LogP contribution in [0.2, 0.25) is 0 Å². The highest BCUT2D eigenvalue weighted by Gasteiger charge is 2.52. The first-order chi connectivity index (χ1) is 9.12. The Hall–Kier alpha value is -0.940. The molecular formula is C14H21N3OS. The number of thiazole rings is 1. The van der Waals surface area contributed by atoms with Gasteiger partial charge in [-0.15, -0.1) is 11.3 Å². The standard InChI is InChI=1S/C14H21N3OS/c1-10(2)7-17-12(11-8-19-9-15-11)16-14(13(17)18)5-3-4-6-14/h8-10,12,16H,3-7H2,1-2H3. The van der Waals surface area contributed by atoms with E-state index in [-0.39, 0.29) is 17.6 Å². The van der Waals surface area contributed by atoms with E-state index >= 15 is 0 Å². The molecule has 1 unspecified atom stereocenters. The quantitative estimate of drug-likeness (QED) is 0.925. The zero-order valence-corrected chi connectivity index (χ0v) is 12.4. The van der Waals surface area contributed by atoms with Crippen LogP contribution >= 0.6 is 11.3 Å². The van der Waals surface area contributed by atoms with Gasteiger partial charge in [-0.25, -0.2) is 4.98 Å². The van der Waals surface area contributed by atoms with E-state index in [0.29, 0.717) is 5.92 Å². The first-order valence-corrected chi connectivity index (χ1v) is 8.03.